The number of rotatable bonds is 6. The number of hydrogen-bond acceptors (Lipinski definition) is 3. The van der Waals surface area contributed by atoms with Crippen LogP contribution < -0.4 is 0 Å². The summed E-state index contributed by atoms with van der Waals surface area (Å²) in [6, 6.07) is 56.4. The highest BCUT2D eigenvalue weighted by Gasteiger charge is 2.16. The summed E-state index contributed by atoms with van der Waals surface area (Å²) in [5.74, 6) is 0.892. The van der Waals surface area contributed by atoms with E-state index >= 15 is 4.39 Å². The van der Waals surface area contributed by atoms with Crippen LogP contribution in [0.5, 0.6) is 0 Å². The molecule has 0 spiro atoms. The number of aromatic amines is 1. The van der Waals surface area contributed by atoms with Crippen molar-refractivity contribution < 1.29 is 4.39 Å². The van der Waals surface area contributed by atoms with Crippen molar-refractivity contribution in [3.63, 3.8) is 0 Å². The minimum atomic E-state index is -0.393. The fourth-order valence-electron chi connectivity index (χ4n) is 6.56. The first kappa shape index (κ1) is 29.4. The fraction of sp³-hybridized carbons (Fsp3) is 0. The quantitative estimate of drug-likeness (QED) is 0.196. The molecule has 9 aromatic rings. The van der Waals surface area contributed by atoms with Gasteiger partial charge >= 0.3 is 0 Å². The van der Waals surface area contributed by atoms with Crippen molar-refractivity contribution in [3.8, 4) is 67.5 Å². The predicted octanol–water partition coefficient (Wildman–Crippen LogP) is 11.6. The summed E-state index contributed by atoms with van der Waals surface area (Å²) >= 11 is 0. The van der Waals surface area contributed by atoms with Gasteiger partial charge in [-0.25, -0.2) is 19.3 Å². The molecule has 4 nitrogen and oxygen atoms in total. The van der Waals surface area contributed by atoms with Gasteiger partial charge in [-0.05, 0) is 57.6 Å². The van der Waals surface area contributed by atoms with Crippen molar-refractivity contribution in [3.05, 3.63) is 176 Å². The maximum Gasteiger partial charge on any atom is 0.167 e. The summed E-state index contributed by atoms with van der Waals surface area (Å²) in [7, 11) is 0. The number of aromatic nitrogens is 4. The van der Waals surface area contributed by atoms with Crippen molar-refractivity contribution in [2.45, 2.75) is 0 Å². The molecule has 0 bridgehead atoms. The van der Waals surface area contributed by atoms with Crippen LogP contribution in [0, 0.1) is 5.82 Å². The number of hydrogen-bond donors (Lipinski definition) is 1. The van der Waals surface area contributed by atoms with Crippen LogP contribution in [-0.4, -0.2) is 19.9 Å². The highest BCUT2D eigenvalue weighted by molar-refractivity contribution is 6.09. The van der Waals surface area contributed by atoms with Gasteiger partial charge in [-0.15, -0.1) is 0 Å². The molecule has 0 saturated heterocycles. The van der Waals surface area contributed by atoms with Crippen LogP contribution in [-0.2, 0) is 0 Å². The van der Waals surface area contributed by atoms with Crippen LogP contribution in [0.25, 0.3) is 89.4 Å². The van der Waals surface area contributed by atoms with Crippen LogP contribution >= 0.6 is 0 Å². The summed E-state index contributed by atoms with van der Waals surface area (Å²) in [5.41, 5.74) is 10.5. The molecule has 236 valence electrons. The standard InChI is InChI=1S/C45H29FN4/c46-40-26-34(22-25-39(40)45-49-43(32-12-6-2-7-13-32)48-44(50-45)33-14-8-3-9-15-33)30-16-18-31(19-17-30)36-21-24-38-37-23-20-35(29-10-4-1-5-11-29)27-41(37)47-42(38)28-36/h1-28,47H. The number of halogens is 1. The van der Waals surface area contributed by atoms with Crippen LogP contribution in [0.15, 0.2) is 170 Å². The molecule has 0 unspecified atom stereocenters. The summed E-state index contributed by atoms with van der Waals surface area (Å²) in [6.45, 7) is 0. The molecule has 0 aliphatic heterocycles. The zero-order chi connectivity index (χ0) is 33.4. The van der Waals surface area contributed by atoms with Crippen molar-refractivity contribution in [1.82, 2.24) is 19.9 Å². The first-order chi connectivity index (χ1) is 24.7. The first-order valence-corrected chi connectivity index (χ1v) is 16.5. The van der Waals surface area contributed by atoms with Gasteiger partial charge < -0.3 is 4.98 Å². The molecular weight excluding hydrogens is 616 g/mol. The van der Waals surface area contributed by atoms with Crippen molar-refractivity contribution in [2.75, 3.05) is 0 Å². The topological polar surface area (TPSA) is 54.5 Å². The lowest BCUT2D eigenvalue weighted by atomic mass is 9.98. The Hall–Kier alpha value is -6.72. The molecule has 0 radical (unpaired) electrons. The lowest BCUT2D eigenvalue weighted by Crippen LogP contribution is -2.01. The Morgan fingerprint density at radius 3 is 1.20 bits per heavy atom. The Kier molecular flexibility index (Phi) is 7.29. The monoisotopic (exact) mass is 644 g/mol. The normalized spacial score (nSPS) is 11.3. The third kappa shape index (κ3) is 5.51. The summed E-state index contributed by atoms with van der Waals surface area (Å²) < 4.78 is 15.9. The maximum atomic E-state index is 15.9. The molecule has 0 aliphatic carbocycles. The van der Waals surface area contributed by atoms with E-state index in [1.54, 1.807) is 12.1 Å². The van der Waals surface area contributed by atoms with Crippen LogP contribution in [0.1, 0.15) is 0 Å². The highest BCUT2D eigenvalue weighted by Crippen LogP contribution is 2.34. The molecule has 1 N–H and O–H groups in total. The molecule has 2 heterocycles. The lowest BCUT2D eigenvalue weighted by Gasteiger charge is -2.10. The molecule has 0 atom stereocenters. The third-order valence-corrected chi connectivity index (χ3v) is 9.17. The Morgan fingerprint density at radius 1 is 0.340 bits per heavy atom. The number of fused-ring (bicyclic) bond motifs is 3. The van der Waals surface area contributed by atoms with E-state index in [2.05, 4.69) is 77.8 Å². The third-order valence-electron chi connectivity index (χ3n) is 9.17. The van der Waals surface area contributed by atoms with Gasteiger partial charge in [0.25, 0.3) is 0 Å². The fourth-order valence-corrected chi connectivity index (χ4v) is 6.56. The van der Waals surface area contributed by atoms with E-state index in [1.807, 2.05) is 84.9 Å². The highest BCUT2D eigenvalue weighted by atomic mass is 19.1. The number of H-pyrrole nitrogens is 1. The minimum absolute atomic E-state index is 0.292. The molecular formula is C45H29FN4. The van der Waals surface area contributed by atoms with E-state index in [4.69, 9.17) is 15.0 Å². The second-order valence-corrected chi connectivity index (χ2v) is 12.3. The average molecular weight is 645 g/mol. The average Bonchev–Trinajstić information content (AvgIpc) is 3.56. The molecule has 5 heteroatoms. The van der Waals surface area contributed by atoms with Gasteiger partial charge in [0.05, 0.1) is 5.56 Å². The van der Waals surface area contributed by atoms with Gasteiger partial charge in [-0.1, -0.05) is 146 Å². The number of nitrogens with one attached hydrogen (secondary N) is 1. The van der Waals surface area contributed by atoms with Crippen LogP contribution in [0.3, 0.4) is 0 Å². The largest absolute Gasteiger partial charge is 0.354 e. The van der Waals surface area contributed by atoms with Crippen molar-refractivity contribution in [1.29, 1.82) is 0 Å². The Labute approximate surface area is 288 Å². The Balaban J connectivity index is 1.01. The van der Waals surface area contributed by atoms with Gasteiger partial charge in [0.15, 0.2) is 17.5 Å². The van der Waals surface area contributed by atoms with E-state index in [9.17, 15) is 0 Å². The molecule has 0 aliphatic rings. The van der Waals surface area contributed by atoms with E-state index in [0.717, 1.165) is 44.4 Å². The van der Waals surface area contributed by atoms with Gasteiger partial charge in [0.1, 0.15) is 5.82 Å². The van der Waals surface area contributed by atoms with Gasteiger partial charge in [0, 0.05) is 32.9 Å². The SMILES string of the molecule is Fc1cc(-c2ccc(-c3ccc4c(c3)[nH]c3cc(-c5ccccc5)ccc34)cc2)ccc1-c1nc(-c2ccccc2)nc(-c2ccccc2)n1. The molecule has 0 amide bonds. The molecule has 2 aromatic heterocycles. The smallest absolute Gasteiger partial charge is 0.167 e. The lowest BCUT2D eigenvalue weighted by molar-refractivity contribution is 0.630. The second kappa shape index (κ2) is 12.4. The van der Waals surface area contributed by atoms with Crippen LogP contribution in [0.4, 0.5) is 4.39 Å². The Bertz CT molecular complexity index is 2570. The second-order valence-electron chi connectivity index (χ2n) is 12.3. The number of nitrogens with zero attached hydrogens (tertiary/aromatic N) is 3. The molecule has 0 fully saturated rings. The molecule has 9 rings (SSSR count). The summed E-state index contributed by atoms with van der Waals surface area (Å²) in [6.07, 6.45) is 0. The van der Waals surface area contributed by atoms with Gasteiger partial charge in [-0.3, -0.25) is 0 Å². The number of benzene rings is 7. The maximum absolute atomic E-state index is 15.9. The predicted molar refractivity (Wildman–Crippen MR) is 202 cm³/mol. The van der Waals surface area contributed by atoms with Crippen molar-refractivity contribution in [2.24, 2.45) is 0 Å². The minimum Gasteiger partial charge on any atom is -0.354 e. The van der Waals surface area contributed by atoms with E-state index < -0.39 is 5.82 Å². The molecule has 0 saturated carbocycles. The zero-order valence-corrected chi connectivity index (χ0v) is 26.9. The van der Waals surface area contributed by atoms with Crippen LogP contribution in [0.2, 0.25) is 0 Å². The molecule has 7 aromatic carbocycles. The first-order valence-electron chi connectivity index (χ1n) is 16.5. The van der Waals surface area contributed by atoms with Crippen molar-refractivity contribution >= 4 is 21.8 Å². The molecule has 50 heavy (non-hydrogen) atoms. The van der Waals surface area contributed by atoms with Gasteiger partial charge in [-0.2, -0.15) is 0 Å². The zero-order valence-electron chi connectivity index (χ0n) is 26.9. The van der Waals surface area contributed by atoms with E-state index in [0.29, 0.717) is 23.0 Å². The summed E-state index contributed by atoms with van der Waals surface area (Å²) in [5, 5.41) is 2.40. The Morgan fingerprint density at radius 2 is 0.720 bits per heavy atom. The van der Waals surface area contributed by atoms with E-state index in [1.165, 1.54) is 21.9 Å². The van der Waals surface area contributed by atoms with E-state index in [-0.39, 0.29) is 0 Å². The summed E-state index contributed by atoms with van der Waals surface area (Å²) in [4.78, 5) is 17.7. The van der Waals surface area contributed by atoms with Gasteiger partial charge in [0.2, 0.25) is 0 Å².